The van der Waals surface area contributed by atoms with Crippen molar-refractivity contribution in [3.05, 3.63) is 35.4 Å². The minimum absolute atomic E-state index is 0.319. The molecule has 2 N–H and O–H groups in total. The van der Waals surface area contributed by atoms with Crippen LogP contribution in [0.25, 0.3) is 0 Å². The third kappa shape index (κ3) is 6.61. The lowest BCUT2D eigenvalue weighted by Crippen LogP contribution is -2.43. The molecule has 1 rings (SSSR count). The number of aryl methyl sites for hydroxylation is 2. The molecule has 0 aliphatic heterocycles. The number of carbonyl (C=O) groups excluding carboxylic acids is 1. The molecule has 1 amide bonds. The number of aliphatic carboxylic acids is 1. The van der Waals surface area contributed by atoms with Gasteiger partial charge in [-0.25, -0.2) is 9.59 Å². The fraction of sp³-hybridized carbons (Fsp3) is 0.529. The minimum atomic E-state index is -1.06. The first-order chi connectivity index (χ1) is 10.2. The Bertz CT molecular complexity index is 502. The normalized spacial score (nSPS) is 12.5. The number of amides is 1. The van der Waals surface area contributed by atoms with Gasteiger partial charge in [0, 0.05) is 0 Å². The molecule has 22 heavy (non-hydrogen) atoms. The van der Waals surface area contributed by atoms with E-state index in [0.717, 1.165) is 12.0 Å². The van der Waals surface area contributed by atoms with Gasteiger partial charge in [0.25, 0.3) is 0 Å². The van der Waals surface area contributed by atoms with Gasteiger partial charge in [-0.2, -0.15) is 0 Å². The quantitative estimate of drug-likeness (QED) is 0.846. The summed E-state index contributed by atoms with van der Waals surface area (Å²) in [6.45, 7) is 7.28. The second-order valence-electron chi connectivity index (χ2n) is 6.25. The molecule has 5 heteroatoms. The maximum Gasteiger partial charge on any atom is 0.408 e. The average molecular weight is 307 g/mol. The van der Waals surface area contributed by atoms with Gasteiger partial charge in [0.1, 0.15) is 11.6 Å². The SMILES string of the molecule is CCc1ccc(CC[C@H](NC(=O)OC(C)(C)C)C(=O)O)cc1. The molecule has 0 aliphatic carbocycles. The van der Waals surface area contributed by atoms with E-state index in [0.29, 0.717) is 12.8 Å². The number of alkyl carbamates (subject to hydrolysis) is 1. The standard InChI is InChI=1S/C17H25NO4/c1-5-12-6-8-13(9-7-12)10-11-14(15(19)20)18-16(21)22-17(2,3)4/h6-9,14H,5,10-11H2,1-4H3,(H,18,21)(H,19,20)/t14-/m0/s1. The molecule has 5 nitrogen and oxygen atoms in total. The topological polar surface area (TPSA) is 75.6 Å². The highest BCUT2D eigenvalue weighted by atomic mass is 16.6. The number of carboxylic acid groups (broad SMARTS) is 1. The summed E-state index contributed by atoms with van der Waals surface area (Å²) in [5.41, 5.74) is 1.64. The molecule has 0 aromatic heterocycles. The molecule has 0 saturated carbocycles. The molecule has 122 valence electrons. The van der Waals surface area contributed by atoms with Crippen LogP contribution in [0.5, 0.6) is 0 Å². The Balaban J connectivity index is 2.57. The van der Waals surface area contributed by atoms with Crippen LogP contribution in [0.2, 0.25) is 0 Å². The summed E-state index contributed by atoms with van der Waals surface area (Å²) in [5.74, 6) is -1.06. The van der Waals surface area contributed by atoms with Crippen molar-refractivity contribution in [3.63, 3.8) is 0 Å². The largest absolute Gasteiger partial charge is 0.480 e. The molecule has 1 aromatic rings. The van der Waals surface area contributed by atoms with Crippen molar-refractivity contribution < 1.29 is 19.4 Å². The van der Waals surface area contributed by atoms with E-state index < -0.39 is 23.7 Å². The molecule has 0 bridgehead atoms. The number of hydrogen-bond acceptors (Lipinski definition) is 3. The van der Waals surface area contributed by atoms with E-state index in [-0.39, 0.29) is 0 Å². The number of hydrogen-bond donors (Lipinski definition) is 2. The van der Waals surface area contributed by atoms with Gasteiger partial charge < -0.3 is 15.2 Å². The van der Waals surface area contributed by atoms with Crippen LogP contribution in [0.15, 0.2) is 24.3 Å². The van der Waals surface area contributed by atoms with E-state index in [9.17, 15) is 14.7 Å². The number of rotatable bonds is 6. The van der Waals surface area contributed by atoms with Crippen LogP contribution in [0.1, 0.15) is 45.2 Å². The summed E-state index contributed by atoms with van der Waals surface area (Å²) < 4.78 is 5.09. The van der Waals surface area contributed by atoms with Gasteiger partial charge in [0.15, 0.2) is 0 Å². The highest BCUT2D eigenvalue weighted by Crippen LogP contribution is 2.10. The molecule has 0 heterocycles. The smallest absolute Gasteiger partial charge is 0.408 e. The Hall–Kier alpha value is -2.04. The van der Waals surface area contributed by atoms with Gasteiger partial charge in [0.05, 0.1) is 0 Å². The maximum absolute atomic E-state index is 11.7. The van der Waals surface area contributed by atoms with Gasteiger partial charge in [-0.3, -0.25) is 0 Å². The van der Waals surface area contributed by atoms with Crippen molar-refractivity contribution in [2.24, 2.45) is 0 Å². The first-order valence-corrected chi connectivity index (χ1v) is 7.51. The molecule has 1 atom stereocenters. The Morgan fingerprint density at radius 3 is 2.18 bits per heavy atom. The Labute approximate surface area is 131 Å². The van der Waals surface area contributed by atoms with E-state index in [1.165, 1.54) is 5.56 Å². The van der Waals surface area contributed by atoms with Gasteiger partial charge >= 0.3 is 12.1 Å². The van der Waals surface area contributed by atoms with Crippen molar-refractivity contribution in [1.82, 2.24) is 5.32 Å². The first kappa shape index (κ1) is 18.0. The number of ether oxygens (including phenoxy) is 1. The monoisotopic (exact) mass is 307 g/mol. The van der Waals surface area contributed by atoms with Crippen LogP contribution < -0.4 is 5.32 Å². The summed E-state index contributed by atoms with van der Waals surface area (Å²) in [7, 11) is 0. The highest BCUT2D eigenvalue weighted by molar-refractivity contribution is 5.80. The second-order valence-corrected chi connectivity index (χ2v) is 6.25. The Morgan fingerprint density at radius 1 is 1.18 bits per heavy atom. The second kappa shape index (κ2) is 7.82. The van der Waals surface area contributed by atoms with Crippen LogP contribution in [0.4, 0.5) is 4.79 Å². The van der Waals surface area contributed by atoms with E-state index in [2.05, 4.69) is 12.2 Å². The molecule has 1 aromatic carbocycles. The summed E-state index contributed by atoms with van der Waals surface area (Å²) >= 11 is 0. The van der Waals surface area contributed by atoms with Crippen molar-refractivity contribution >= 4 is 12.1 Å². The molecule has 0 spiro atoms. The molecule has 0 saturated heterocycles. The molecule has 0 unspecified atom stereocenters. The van der Waals surface area contributed by atoms with Gasteiger partial charge in [-0.15, -0.1) is 0 Å². The van der Waals surface area contributed by atoms with Crippen molar-refractivity contribution in [2.75, 3.05) is 0 Å². The number of benzene rings is 1. The molecule has 0 radical (unpaired) electrons. The fourth-order valence-corrected chi connectivity index (χ4v) is 1.96. The van der Waals surface area contributed by atoms with Crippen molar-refractivity contribution in [1.29, 1.82) is 0 Å². The van der Waals surface area contributed by atoms with Gasteiger partial charge in [-0.1, -0.05) is 31.2 Å². The number of carbonyl (C=O) groups is 2. The minimum Gasteiger partial charge on any atom is -0.480 e. The van der Waals surface area contributed by atoms with E-state index in [1.54, 1.807) is 20.8 Å². The van der Waals surface area contributed by atoms with E-state index in [4.69, 9.17) is 4.74 Å². The van der Waals surface area contributed by atoms with Crippen molar-refractivity contribution in [3.8, 4) is 0 Å². The number of nitrogens with one attached hydrogen (secondary N) is 1. The van der Waals surface area contributed by atoms with E-state index >= 15 is 0 Å². The predicted octanol–water partition coefficient (Wildman–Crippen LogP) is 3.16. The van der Waals surface area contributed by atoms with Crippen LogP contribution in [-0.2, 0) is 22.4 Å². The summed E-state index contributed by atoms with van der Waals surface area (Å²) in [5, 5.41) is 11.6. The lowest BCUT2D eigenvalue weighted by molar-refractivity contribution is -0.139. The predicted molar refractivity (Wildman–Crippen MR) is 84.9 cm³/mol. The molecule has 0 aliphatic rings. The third-order valence-corrected chi connectivity index (χ3v) is 3.14. The summed E-state index contributed by atoms with van der Waals surface area (Å²) in [6.07, 6.45) is 1.16. The van der Waals surface area contributed by atoms with E-state index in [1.807, 2.05) is 24.3 Å². The zero-order valence-electron chi connectivity index (χ0n) is 13.7. The molecule has 0 fully saturated rings. The lowest BCUT2D eigenvalue weighted by atomic mass is 10.0. The van der Waals surface area contributed by atoms with Gasteiger partial charge in [0.2, 0.25) is 0 Å². The third-order valence-electron chi connectivity index (χ3n) is 3.14. The zero-order valence-corrected chi connectivity index (χ0v) is 13.7. The Kier molecular flexibility index (Phi) is 6.40. The lowest BCUT2D eigenvalue weighted by Gasteiger charge is -2.22. The maximum atomic E-state index is 11.7. The van der Waals surface area contributed by atoms with Crippen LogP contribution in [0.3, 0.4) is 0 Å². The summed E-state index contributed by atoms with van der Waals surface area (Å²) in [6, 6.07) is 7.09. The van der Waals surface area contributed by atoms with Crippen LogP contribution >= 0.6 is 0 Å². The highest BCUT2D eigenvalue weighted by Gasteiger charge is 2.23. The molecular formula is C17H25NO4. The zero-order chi connectivity index (χ0) is 16.8. The molecular weight excluding hydrogens is 282 g/mol. The number of carboxylic acids is 1. The van der Waals surface area contributed by atoms with Crippen LogP contribution in [-0.4, -0.2) is 28.8 Å². The summed E-state index contributed by atoms with van der Waals surface area (Å²) in [4.78, 5) is 22.9. The first-order valence-electron chi connectivity index (χ1n) is 7.51. The van der Waals surface area contributed by atoms with Crippen LogP contribution in [0, 0.1) is 0 Å². The van der Waals surface area contributed by atoms with Crippen molar-refractivity contribution in [2.45, 2.75) is 58.6 Å². The average Bonchev–Trinajstić information content (AvgIpc) is 2.41. The van der Waals surface area contributed by atoms with Gasteiger partial charge in [-0.05, 0) is 51.2 Å². The fourth-order valence-electron chi connectivity index (χ4n) is 1.96. The Morgan fingerprint density at radius 2 is 1.73 bits per heavy atom.